The molecule has 0 bridgehead atoms. The summed E-state index contributed by atoms with van der Waals surface area (Å²) in [7, 11) is 0. The molecule has 0 saturated heterocycles. The first-order valence-corrected chi connectivity index (χ1v) is 9.66. The zero-order chi connectivity index (χ0) is 17.7. The fourth-order valence-corrected chi connectivity index (χ4v) is 4.36. The molecule has 1 aliphatic carbocycles. The second-order valence-corrected chi connectivity index (χ2v) is 9.03. The molecule has 1 amide bonds. The van der Waals surface area contributed by atoms with Crippen LogP contribution in [-0.4, -0.2) is 23.5 Å². The Balaban J connectivity index is 1.69. The molecule has 2 aliphatic rings. The molecule has 1 aromatic carbocycles. The molecule has 4 rings (SSSR count). The van der Waals surface area contributed by atoms with Crippen LogP contribution in [-0.2, 0) is 11.3 Å². The molecule has 1 atom stereocenters. The van der Waals surface area contributed by atoms with Crippen molar-refractivity contribution < 1.29 is 14.3 Å². The van der Waals surface area contributed by atoms with E-state index in [1.807, 2.05) is 42.6 Å². The number of alkyl halides is 2. The Morgan fingerprint density at radius 2 is 1.96 bits per heavy atom. The molecule has 25 heavy (non-hydrogen) atoms. The third kappa shape index (κ3) is 2.98. The van der Waals surface area contributed by atoms with Gasteiger partial charge in [-0.05, 0) is 36.9 Å². The Labute approximate surface area is 160 Å². The van der Waals surface area contributed by atoms with Crippen LogP contribution in [0, 0.1) is 5.41 Å². The summed E-state index contributed by atoms with van der Waals surface area (Å²) in [5.41, 5.74) is -0.0272. The van der Waals surface area contributed by atoms with Crippen LogP contribution in [0.15, 0.2) is 35.7 Å². The molecule has 4 nitrogen and oxygen atoms in total. The third-order valence-electron chi connectivity index (χ3n) is 4.71. The minimum absolute atomic E-state index is 0.0809. The molecule has 0 N–H and O–H groups in total. The molecule has 0 spiro atoms. The van der Waals surface area contributed by atoms with Crippen molar-refractivity contribution in [1.82, 2.24) is 0 Å². The monoisotopic (exact) mass is 397 g/mol. The van der Waals surface area contributed by atoms with Gasteiger partial charge in [0.15, 0.2) is 11.5 Å². The summed E-state index contributed by atoms with van der Waals surface area (Å²) in [6, 6.07) is 9.53. The van der Waals surface area contributed by atoms with Gasteiger partial charge in [-0.25, -0.2) is 0 Å². The maximum Gasteiger partial charge on any atom is 0.236 e. The largest absolute Gasteiger partial charge is 0.486 e. The fourth-order valence-electron chi connectivity index (χ4n) is 2.97. The predicted molar refractivity (Wildman–Crippen MR) is 100 cm³/mol. The van der Waals surface area contributed by atoms with Gasteiger partial charge >= 0.3 is 0 Å². The second kappa shape index (κ2) is 6.08. The number of anilines is 1. The Kier molecular flexibility index (Phi) is 4.13. The van der Waals surface area contributed by atoms with Crippen LogP contribution in [0.25, 0.3) is 0 Å². The lowest BCUT2D eigenvalue weighted by molar-refractivity contribution is -0.123. The molecule has 1 aromatic heterocycles. The van der Waals surface area contributed by atoms with Crippen LogP contribution in [0.3, 0.4) is 0 Å². The Morgan fingerprint density at radius 3 is 2.60 bits per heavy atom. The summed E-state index contributed by atoms with van der Waals surface area (Å²) in [4.78, 5) is 16.0. The smallest absolute Gasteiger partial charge is 0.236 e. The number of carbonyl (C=O) groups excluding carboxylic acids is 1. The standard InChI is InChI=1S/C18H17Cl2NO3S/c1-17(11-18(17,19)20)16(22)21(10-13-3-2-8-25-13)12-4-5-14-15(9-12)24-7-6-23-14/h2-5,8-9H,6-7,10-11H2,1H3/t17-/m1/s1. The van der Waals surface area contributed by atoms with Gasteiger partial charge in [0.2, 0.25) is 5.91 Å². The number of hydrogen-bond donors (Lipinski definition) is 0. The summed E-state index contributed by atoms with van der Waals surface area (Å²) in [5, 5.41) is 1.99. The normalized spacial score (nSPS) is 23.2. The predicted octanol–water partition coefficient (Wildman–Crippen LogP) is 4.64. The first-order chi connectivity index (χ1) is 11.9. The minimum atomic E-state index is -1.01. The van der Waals surface area contributed by atoms with Crippen molar-refractivity contribution in [1.29, 1.82) is 0 Å². The lowest BCUT2D eigenvalue weighted by Crippen LogP contribution is -2.37. The van der Waals surface area contributed by atoms with Gasteiger partial charge in [-0.1, -0.05) is 6.07 Å². The van der Waals surface area contributed by atoms with Crippen LogP contribution in [0.1, 0.15) is 18.2 Å². The highest BCUT2D eigenvalue weighted by molar-refractivity contribution is 7.09. The first-order valence-electron chi connectivity index (χ1n) is 8.02. The van der Waals surface area contributed by atoms with E-state index in [1.54, 1.807) is 16.2 Å². The van der Waals surface area contributed by atoms with Gasteiger partial charge in [0.1, 0.15) is 17.5 Å². The number of ether oxygens (including phenoxy) is 2. The average molecular weight is 398 g/mol. The van der Waals surface area contributed by atoms with E-state index < -0.39 is 9.75 Å². The van der Waals surface area contributed by atoms with Crippen LogP contribution in [0.4, 0.5) is 5.69 Å². The lowest BCUT2D eigenvalue weighted by atomic mass is 10.1. The SMILES string of the molecule is C[C@]1(C(=O)N(Cc2cccs2)c2ccc3c(c2)OCCO3)CC1(Cl)Cl. The van der Waals surface area contributed by atoms with Crippen molar-refractivity contribution in [2.24, 2.45) is 5.41 Å². The molecule has 0 unspecified atom stereocenters. The number of fused-ring (bicyclic) bond motifs is 1. The van der Waals surface area contributed by atoms with E-state index in [1.165, 1.54) is 0 Å². The van der Waals surface area contributed by atoms with E-state index in [2.05, 4.69) is 0 Å². The van der Waals surface area contributed by atoms with Gasteiger partial charge in [0.25, 0.3) is 0 Å². The number of hydrogen-bond acceptors (Lipinski definition) is 4. The Morgan fingerprint density at radius 1 is 1.24 bits per heavy atom. The highest BCUT2D eigenvalue weighted by atomic mass is 35.5. The first kappa shape index (κ1) is 17.0. The number of halogens is 2. The summed E-state index contributed by atoms with van der Waals surface area (Å²) < 4.78 is 10.2. The topological polar surface area (TPSA) is 38.8 Å². The van der Waals surface area contributed by atoms with Crippen molar-refractivity contribution in [2.75, 3.05) is 18.1 Å². The van der Waals surface area contributed by atoms with Crippen LogP contribution >= 0.6 is 34.5 Å². The van der Waals surface area contributed by atoms with Crippen LogP contribution in [0.2, 0.25) is 0 Å². The van der Waals surface area contributed by atoms with Gasteiger partial charge in [0.05, 0.1) is 12.0 Å². The zero-order valence-electron chi connectivity index (χ0n) is 13.6. The van der Waals surface area contributed by atoms with E-state index in [0.29, 0.717) is 37.7 Å². The highest BCUT2D eigenvalue weighted by Gasteiger charge is 2.68. The molecule has 132 valence electrons. The van der Waals surface area contributed by atoms with Crippen molar-refractivity contribution in [3.8, 4) is 11.5 Å². The van der Waals surface area contributed by atoms with Crippen molar-refractivity contribution in [3.05, 3.63) is 40.6 Å². The summed E-state index contributed by atoms with van der Waals surface area (Å²) in [6.07, 6.45) is 0.452. The maximum absolute atomic E-state index is 13.2. The number of benzene rings is 1. The molecule has 0 radical (unpaired) electrons. The molecular formula is C18H17Cl2NO3S. The van der Waals surface area contributed by atoms with Gasteiger partial charge in [-0.2, -0.15) is 0 Å². The fraction of sp³-hybridized carbons (Fsp3) is 0.389. The lowest BCUT2D eigenvalue weighted by Gasteiger charge is -2.28. The number of rotatable bonds is 4. The van der Waals surface area contributed by atoms with E-state index in [0.717, 1.165) is 10.6 Å². The van der Waals surface area contributed by atoms with E-state index >= 15 is 0 Å². The Hall–Kier alpha value is -1.43. The van der Waals surface area contributed by atoms with E-state index in [9.17, 15) is 4.79 Å². The number of amides is 1. The quantitative estimate of drug-likeness (QED) is 0.705. The van der Waals surface area contributed by atoms with E-state index in [-0.39, 0.29) is 5.91 Å². The molecule has 1 aliphatic heterocycles. The number of carbonyl (C=O) groups is 1. The molecule has 1 saturated carbocycles. The molecule has 2 heterocycles. The van der Waals surface area contributed by atoms with Crippen molar-refractivity contribution in [3.63, 3.8) is 0 Å². The van der Waals surface area contributed by atoms with Gasteiger partial charge < -0.3 is 14.4 Å². The highest BCUT2D eigenvalue weighted by Crippen LogP contribution is 2.64. The average Bonchev–Trinajstić information content (AvgIpc) is 2.94. The Bertz CT molecular complexity index is 809. The van der Waals surface area contributed by atoms with Crippen LogP contribution < -0.4 is 14.4 Å². The van der Waals surface area contributed by atoms with Crippen molar-refractivity contribution >= 4 is 46.1 Å². The molecule has 1 fully saturated rings. The van der Waals surface area contributed by atoms with Gasteiger partial charge in [-0.3, -0.25) is 4.79 Å². The summed E-state index contributed by atoms with van der Waals surface area (Å²) in [6.45, 7) is 3.31. The van der Waals surface area contributed by atoms with E-state index in [4.69, 9.17) is 32.7 Å². The number of nitrogens with zero attached hydrogens (tertiary/aromatic N) is 1. The molecular weight excluding hydrogens is 381 g/mol. The molecule has 7 heteroatoms. The van der Waals surface area contributed by atoms with Gasteiger partial charge in [0, 0.05) is 16.6 Å². The molecule has 2 aromatic rings. The van der Waals surface area contributed by atoms with Crippen molar-refractivity contribution in [2.45, 2.75) is 24.2 Å². The second-order valence-electron chi connectivity index (χ2n) is 6.51. The zero-order valence-corrected chi connectivity index (χ0v) is 16.0. The third-order valence-corrected chi connectivity index (χ3v) is 6.67. The number of thiophene rings is 1. The van der Waals surface area contributed by atoms with Crippen LogP contribution in [0.5, 0.6) is 11.5 Å². The maximum atomic E-state index is 13.2. The summed E-state index contributed by atoms with van der Waals surface area (Å²) >= 11 is 14.1. The summed E-state index contributed by atoms with van der Waals surface area (Å²) in [5.74, 6) is 1.26. The van der Waals surface area contributed by atoms with Gasteiger partial charge in [-0.15, -0.1) is 34.5 Å². The minimum Gasteiger partial charge on any atom is -0.486 e.